The molecule has 1 heterocycles. The molecule has 3 fully saturated rings. The Balaban J connectivity index is 0.00000156. The fourth-order valence-electron chi connectivity index (χ4n) is 4.57. The zero-order chi connectivity index (χ0) is 15.0. The number of rotatable bonds is 4. The van der Waals surface area contributed by atoms with Crippen molar-refractivity contribution in [2.75, 3.05) is 13.1 Å². The predicted octanol–water partition coefficient (Wildman–Crippen LogP) is 2.94. The number of halogens is 1. The molecule has 0 radical (unpaired) electrons. The molecule has 0 bridgehead atoms. The summed E-state index contributed by atoms with van der Waals surface area (Å²) in [7, 11) is 0. The van der Waals surface area contributed by atoms with Crippen LogP contribution in [0.15, 0.2) is 30.3 Å². The minimum Gasteiger partial charge on any atom is -0.353 e. The van der Waals surface area contributed by atoms with Gasteiger partial charge in [-0.15, -0.1) is 12.4 Å². The number of carbonyl (C=O) groups is 1. The van der Waals surface area contributed by atoms with Crippen LogP contribution in [-0.2, 0) is 11.2 Å². The van der Waals surface area contributed by atoms with Crippen LogP contribution < -0.4 is 10.6 Å². The molecule has 4 rings (SSSR count). The first kappa shape index (κ1) is 16.8. The number of fused-ring (bicyclic) bond motifs is 1. The fraction of sp³-hybridized carbons (Fsp3) is 0.632. The zero-order valence-corrected chi connectivity index (χ0v) is 14.4. The van der Waals surface area contributed by atoms with Crippen molar-refractivity contribution in [1.82, 2.24) is 10.6 Å². The molecule has 1 saturated heterocycles. The van der Waals surface area contributed by atoms with E-state index in [1.54, 1.807) is 0 Å². The van der Waals surface area contributed by atoms with Gasteiger partial charge in [0.1, 0.15) is 0 Å². The number of amides is 1. The second kappa shape index (κ2) is 6.82. The lowest BCUT2D eigenvalue weighted by Gasteiger charge is -2.37. The van der Waals surface area contributed by atoms with Gasteiger partial charge < -0.3 is 10.6 Å². The number of carbonyl (C=O) groups excluding carboxylic acids is 1. The van der Waals surface area contributed by atoms with E-state index in [9.17, 15) is 4.79 Å². The first-order chi connectivity index (χ1) is 10.8. The Bertz CT molecular complexity index is 550. The lowest BCUT2D eigenvalue weighted by molar-refractivity contribution is -0.134. The van der Waals surface area contributed by atoms with Gasteiger partial charge in [-0.3, -0.25) is 4.79 Å². The van der Waals surface area contributed by atoms with Crippen molar-refractivity contribution in [2.45, 2.75) is 44.6 Å². The maximum Gasteiger partial charge on any atom is 0.228 e. The highest BCUT2D eigenvalue weighted by molar-refractivity contribution is 5.85. The van der Waals surface area contributed by atoms with E-state index in [-0.39, 0.29) is 17.8 Å². The van der Waals surface area contributed by atoms with Crippen molar-refractivity contribution in [3.8, 4) is 0 Å². The highest BCUT2D eigenvalue weighted by Crippen LogP contribution is 2.45. The summed E-state index contributed by atoms with van der Waals surface area (Å²) in [5.41, 5.74) is 1.29. The van der Waals surface area contributed by atoms with E-state index in [0.717, 1.165) is 32.4 Å². The third-order valence-electron chi connectivity index (χ3n) is 6.07. The standard InChI is InChI=1S/C19H26N2O.ClH/c22-18(19-9-5-4-8-16(19)12-20-13-19)21-17-11-15(17)10-14-6-2-1-3-7-14;/h1-3,6-7,15-17,20H,4-5,8-13H2,(H,21,22);1H/t15?,16-,17?,19+;/m0./s1. The number of nitrogens with one attached hydrogen (secondary N) is 2. The average Bonchev–Trinajstić information content (AvgIpc) is 3.12. The molecule has 1 aliphatic heterocycles. The first-order valence-electron chi connectivity index (χ1n) is 8.83. The Morgan fingerprint density at radius 2 is 2.09 bits per heavy atom. The maximum atomic E-state index is 12.9. The Labute approximate surface area is 145 Å². The van der Waals surface area contributed by atoms with Crippen LogP contribution in [0.4, 0.5) is 0 Å². The van der Waals surface area contributed by atoms with Crippen molar-refractivity contribution in [3.05, 3.63) is 35.9 Å². The smallest absolute Gasteiger partial charge is 0.228 e. The molecule has 2 saturated carbocycles. The molecule has 2 aliphatic carbocycles. The van der Waals surface area contributed by atoms with Crippen molar-refractivity contribution in [3.63, 3.8) is 0 Å². The van der Waals surface area contributed by atoms with Crippen LogP contribution in [0.2, 0.25) is 0 Å². The number of benzene rings is 1. The molecule has 0 spiro atoms. The van der Waals surface area contributed by atoms with Crippen LogP contribution in [-0.4, -0.2) is 25.0 Å². The molecule has 1 aromatic carbocycles. The summed E-state index contributed by atoms with van der Waals surface area (Å²) in [4.78, 5) is 12.9. The summed E-state index contributed by atoms with van der Waals surface area (Å²) < 4.78 is 0. The van der Waals surface area contributed by atoms with Crippen LogP contribution in [0, 0.1) is 17.3 Å². The van der Waals surface area contributed by atoms with E-state index in [2.05, 4.69) is 41.0 Å². The van der Waals surface area contributed by atoms with Gasteiger partial charge in [0.25, 0.3) is 0 Å². The molecular weight excluding hydrogens is 308 g/mol. The van der Waals surface area contributed by atoms with Gasteiger partial charge in [-0.25, -0.2) is 0 Å². The lowest BCUT2D eigenvalue weighted by atomic mass is 9.67. The van der Waals surface area contributed by atoms with Gasteiger partial charge in [-0.2, -0.15) is 0 Å². The maximum absolute atomic E-state index is 12.9. The molecular formula is C19H27ClN2O. The van der Waals surface area contributed by atoms with Crippen molar-refractivity contribution >= 4 is 18.3 Å². The second-order valence-corrected chi connectivity index (χ2v) is 7.50. The molecule has 23 heavy (non-hydrogen) atoms. The van der Waals surface area contributed by atoms with Gasteiger partial charge >= 0.3 is 0 Å². The fourth-order valence-corrected chi connectivity index (χ4v) is 4.57. The molecule has 0 aromatic heterocycles. The lowest BCUT2D eigenvalue weighted by Crippen LogP contribution is -2.48. The quantitative estimate of drug-likeness (QED) is 0.889. The molecule has 126 valence electrons. The molecule has 3 nitrogen and oxygen atoms in total. The monoisotopic (exact) mass is 334 g/mol. The molecule has 2 unspecified atom stereocenters. The minimum absolute atomic E-state index is 0. The normalized spacial score (nSPS) is 35.0. The summed E-state index contributed by atoms with van der Waals surface area (Å²) in [6.45, 7) is 1.92. The topological polar surface area (TPSA) is 41.1 Å². The molecule has 1 amide bonds. The van der Waals surface area contributed by atoms with E-state index in [4.69, 9.17) is 0 Å². The Morgan fingerprint density at radius 1 is 1.26 bits per heavy atom. The highest BCUT2D eigenvalue weighted by atomic mass is 35.5. The third kappa shape index (κ3) is 3.27. The van der Waals surface area contributed by atoms with Gasteiger partial charge in [-0.05, 0) is 49.6 Å². The van der Waals surface area contributed by atoms with Crippen LogP contribution in [0.25, 0.3) is 0 Å². The Morgan fingerprint density at radius 3 is 2.91 bits per heavy atom. The highest BCUT2D eigenvalue weighted by Gasteiger charge is 2.51. The SMILES string of the molecule is Cl.O=C(NC1CC1Cc1ccccc1)[C@@]12CCCC[C@H]1CNC2. The van der Waals surface area contributed by atoms with E-state index >= 15 is 0 Å². The van der Waals surface area contributed by atoms with Gasteiger partial charge in [-0.1, -0.05) is 43.2 Å². The summed E-state index contributed by atoms with van der Waals surface area (Å²) in [5.74, 6) is 1.54. The zero-order valence-electron chi connectivity index (χ0n) is 13.6. The van der Waals surface area contributed by atoms with E-state index in [0.29, 0.717) is 23.8 Å². The van der Waals surface area contributed by atoms with Crippen LogP contribution >= 0.6 is 12.4 Å². The van der Waals surface area contributed by atoms with E-state index in [1.165, 1.54) is 24.8 Å². The van der Waals surface area contributed by atoms with E-state index in [1.807, 2.05) is 0 Å². The Kier molecular flexibility index (Phi) is 4.98. The minimum atomic E-state index is -0.0991. The Hall–Kier alpha value is -1.06. The predicted molar refractivity (Wildman–Crippen MR) is 94.7 cm³/mol. The summed E-state index contributed by atoms with van der Waals surface area (Å²) in [5, 5.41) is 6.85. The first-order valence-corrected chi connectivity index (χ1v) is 8.83. The van der Waals surface area contributed by atoms with Crippen molar-refractivity contribution in [1.29, 1.82) is 0 Å². The van der Waals surface area contributed by atoms with Crippen LogP contribution in [0.5, 0.6) is 0 Å². The van der Waals surface area contributed by atoms with Gasteiger partial charge in [0.15, 0.2) is 0 Å². The van der Waals surface area contributed by atoms with Gasteiger partial charge in [0, 0.05) is 12.6 Å². The molecule has 3 aliphatic rings. The summed E-state index contributed by atoms with van der Waals surface area (Å²) in [6, 6.07) is 11.0. The van der Waals surface area contributed by atoms with Crippen molar-refractivity contribution in [2.24, 2.45) is 17.3 Å². The third-order valence-corrected chi connectivity index (χ3v) is 6.07. The second-order valence-electron chi connectivity index (χ2n) is 7.50. The molecule has 1 aromatic rings. The molecule has 4 heteroatoms. The van der Waals surface area contributed by atoms with Gasteiger partial charge in [0.05, 0.1) is 5.41 Å². The molecule has 4 atom stereocenters. The largest absolute Gasteiger partial charge is 0.353 e. The van der Waals surface area contributed by atoms with Crippen LogP contribution in [0.3, 0.4) is 0 Å². The summed E-state index contributed by atoms with van der Waals surface area (Å²) in [6.07, 6.45) is 7.05. The van der Waals surface area contributed by atoms with Gasteiger partial charge in [0.2, 0.25) is 5.91 Å². The summed E-state index contributed by atoms with van der Waals surface area (Å²) >= 11 is 0. The number of hydrogen-bond acceptors (Lipinski definition) is 2. The number of hydrogen-bond donors (Lipinski definition) is 2. The van der Waals surface area contributed by atoms with Crippen LogP contribution in [0.1, 0.15) is 37.7 Å². The van der Waals surface area contributed by atoms with Crippen molar-refractivity contribution < 1.29 is 4.79 Å². The van der Waals surface area contributed by atoms with E-state index < -0.39 is 0 Å². The molecule has 2 N–H and O–H groups in total. The average molecular weight is 335 g/mol.